The van der Waals surface area contributed by atoms with E-state index in [2.05, 4.69) is 41.1 Å². The van der Waals surface area contributed by atoms with Gasteiger partial charge in [-0.05, 0) is 31.0 Å². The zero-order valence-corrected chi connectivity index (χ0v) is 15.3. The number of piperazine rings is 1. The van der Waals surface area contributed by atoms with Gasteiger partial charge in [-0.2, -0.15) is 0 Å². The van der Waals surface area contributed by atoms with Gasteiger partial charge in [0.1, 0.15) is 5.75 Å². The minimum absolute atomic E-state index is 0.152. The number of carbonyl (C=O) groups is 1. The zero-order chi connectivity index (χ0) is 17.4. The summed E-state index contributed by atoms with van der Waals surface area (Å²) in [5.41, 5.74) is 1.30. The molecular weight excluding hydrogens is 302 g/mol. The molecule has 1 aliphatic rings. The second-order valence-electron chi connectivity index (χ2n) is 6.66. The summed E-state index contributed by atoms with van der Waals surface area (Å²) in [5.74, 6) is 1.05. The highest BCUT2D eigenvalue weighted by atomic mass is 16.5. The first-order valence-electron chi connectivity index (χ1n) is 8.97. The molecule has 0 aromatic heterocycles. The monoisotopic (exact) mass is 333 g/mol. The summed E-state index contributed by atoms with van der Waals surface area (Å²) < 4.78 is 5.19. The van der Waals surface area contributed by atoms with Crippen LogP contribution in [0.25, 0.3) is 0 Å². The molecule has 1 N–H and O–H groups in total. The molecule has 1 amide bonds. The molecule has 1 saturated heterocycles. The number of nitrogens with zero attached hydrogens (tertiary/aromatic N) is 2. The molecular formula is C19H31N3O2. The van der Waals surface area contributed by atoms with Crippen LogP contribution < -0.4 is 10.1 Å². The van der Waals surface area contributed by atoms with Gasteiger partial charge in [-0.15, -0.1) is 0 Å². The van der Waals surface area contributed by atoms with E-state index >= 15 is 0 Å². The molecule has 1 heterocycles. The lowest BCUT2D eigenvalue weighted by molar-refractivity contribution is -0.123. The first-order chi connectivity index (χ1) is 11.6. The van der Waals surface area contributed by atoms with Crippen LogP contribution in [0.3, 0.4) is 0 Å². The molecule has 5 nitrogen and oxygen atoms in total. The van der Waals surface area contributed by atoms with Crippen LogP contribution in [0.5, 0.6) is 5.75 Å². The second-order valence-corrected chi connectivity index (χ2v) is 6.66. The van der Waals surface area contributed by atoms with E-state index in [1.165, 1.54) is 5.56 Å². The van der Waals surface area contributed by atoms with E-state index in [0.717, 1.165) is 51.3 Å². The van der Waals surface area contributed by atoms with Crippen molar-refractivity contribution < 1.29 is 9.53 Å². The van der Waals surface area contributed by atoms with E-state index in [1.807, 2.05) is 12.1 Å². The molecule has 0 radical (unpaired) electrons. The Bertz CT molecular complexity index is 496. The molecule has 0 saturated carbocycles. The predicted molar refractivity (Wildman–Crippen MR) is 97.2 cm³/mol. The van der Waals surface area contributed by atoms with Crippen molar-refractivity contribution in [1.29, 1.82) is 0 Å². The Morgan fingerprint density at radius 3 is 2.38 bits per heavy atom. The van der Waals surface area contributed by atoms with Gasteiger partial charge < -0.3 is 10.1 Å². The van der Waals surface area contributed by atoms with E-state index in [9.17, 15) is 4.79 Å². The predicted octanol–water partition coefficient (Wildman–Crippen LogP) is 2.12. The Kier molecular flexibility index (Phi) is 7.53. The maximum absolute atomic E-state index is 12.1. The van der Waals surface area contributed by atoms with E-state index in [1.54, 1.807) is 7.11 Å². The van der Waals surface area contributed by atoms with Gasteiger partial charge in [0.05, 0.1) is 13.7 Å². The Labute approximate surface area is 146 Å². The molecule has 134 valence electrons. The van der Waals surface area contributed by atoms with Crippen molar-refractivity contribution in [3.63, 3.8) is 0 Å². The van der Waals surface area contributed by atoms with Crippen molar-refractivity contribution in [2.45, 2.75) is 39.3 Å². The van der Waals surface area contributed by atoms with Crippen molar-refractivity contribution in [3.8, 4) is 5.75 Å². The zero-order valence-electron chi connectivity index (χ0n) is 15.3. The first-order valence-corrected chi connectivity index (χ1v) is 8.97. The summed E-state index contributed by atoms with van der Waals surface area (Å²) in [7, 11) is 1.69. The van der Waals surface area contributed by atoms with Gasteiger partial charge >= 0.3 is 0 Å². The number of benzene rings is 1. The van der Waals surface area contributed by atoms with Gasteiger partial charge in [0.25, 0.3) is 0 Å². The number of hydrogen-bond acceptors (Lipinski definition) is 4. The van der Waals surface area contributed by atoms with Crippen LogP contribution >= 0.6 is 0 Å². The molecule has 1 aromatic carbocycles. The van der Waals surface area contributed by atoms with Crippen molar-refractivity contribution >= 4 is 5.91 Å². The molecule has 0 bridgehead atoms. The molecule has 1 atom stereocenters. The van der Waals surface area contributed by atoms with Gasteiger partial charge in [-0.3, -0.25) is 14.6 Å². The van der Waals surface area contributed by atoms with Crippen LogP contribution in [0, 0.1) is 0 Å². The lowest BCUT2D eigenvalue weighted by Crippen LogP contribution is -2.49. The second kappa shape index (κ2) is 9.64. The van der Waals surface area contributed by atoms with Crippen LogP contribution in [0.15, 0.2) is 24.3 Å². The Hall–Kier alpha value is -1.59. The topological polar surface area (TPSA) is 44.8 Å². The highest BCUT2D eigenvalue weighted by molar-refractivity contribution is 5.78. The van der Waals surface area contributed by atoms with Crippen LogP contribution in [0.4, 0.5) is 0 Å². The molecule has 1 aliphatic heterocycles. The van der Waals surface area contributed by atoms with Crippen LogP contribution in [0.1, 0.15) is 32.3 Å². The Morgan fingerprint density at radius 1 is 1.17 bits per heavy atom. The maximum Gasteiger partial charge on any atom is 0.234 e. The number of carbonyl (C=O) groups excluding carboxylic acids is 1. The summed E-state index contributed by atoms with van der Waals surface area (Å²) in [6.07, 6.45) is 2.15. The van der Waals surface area contributed by atoms with E-state index in [4.69, 9.17) is 4.74 Å². The van der Waals surface area contributed by atoms with Gasteiger partial charge in [0.15, 0.2) is 0 Å². The lowest BCUT2D eigenvalue weighted by Gasteiger charge is -2.34. The largest absolute Gasteiger partial charge is 0.497 e. The molecule has 5 heteroatoms. The van der Waals surface area contributed by atoms with Gasteiger partial charge in [-0.25, -0.2) is 0 Å². The third-order valence-electron chi connectivity index (χ3n) is 4.53. The molecule has 2 rings (SSSR count). The van der Waals surface area contributed by atoms with Crippen LogP contribution in [0.2, 0.25) is 0 Å². The third kappa shape index (κ3) is 6.13. The van der Waals surface area contributed by atoms with E-state index in [-0.39, 0.29) is 11.9 Å². The smallest absolute Gasteiger partial charge is 0.234 e. The highest BCUT2D eigenvalue weighted by Crippen LogP contribution is 2.14. The number of nitrogens with one attached hydrogen (secondary N) is 1. The number of methoxy groups -OCH3 is 1. The number of ether oxygens (including phenoxy) is 1. The summed E-state index contributed by atoms with van der Waals surface area (Å²) >= 11 is 0. The third-order valence-corrected chi connectivity index (χ3v) is 4.53. The average Bonchev–Trinajstić information content (AvgIpc) is 2.57. The lowest BCUT2D eigenvalue weighted by atomic mass is 10.2. The van der Waals surface area contributed by atoms with Gasteiger partial charge in [-0.1, -0.05) is 25.5 Å². The quantitative estimate of drug-likeness (QED) is 0.791. The van der Waals surface area contributed by atoms with Crippen molar-refractivity contribution in [1.82, 2.24) is 15.1 Å². The standard InChI is InChI=1S/C19H31N3O2/c1-4-5-16(2)20-19(23)15-22-12-10-21(11-13-22)14-17-6-8-18(24-3)9-7-17/h6-9,16H,4-5,10-15H2,1-3H3,(H,20,23)/t16-/m0/s1. The van der Waals surface area contributed by atoms with E-state index in [0.29, 0.717) is 6.54 Å². The van der Waals surface area contributed by atoms with Crippen LogP contribution in [-0.2, 0) is 11.3 Å². The molecule has 0 unspecified atom stereocenters. The normalized spacial score (nSPS) is 17.5. The summed E-state index contributed by atoms with van der Waals surface area (Å²) in [6, 6.07) is 8.53. The fourth-order valence-corrected chi connectivity index (χ4v) is 3.12. The van der Waals surface area contributed by atoms with Crippen molar-refractivity contribution in [2.24, 2.45) is 0 Å². The summed E-state index contributed by atoms with van der Waals surface area (Å²) in [6.45, 7) is 9.60. The number of rotatable bonds is 8. The maximum atomic E-state index is 12.1. The minimum Gasteiger partial charge on any atom is -0.497 e. The highest BCUT2D eigenvalue weighted by Gasteiger charge is 2.19. The van der Waals surface area contributed by atoms with Gasteiger partial charge in [0, 0.05) is 38.8 Å². The number of amides is 1. The Morgan fingerprint density at radius 2 is 1.79 bits per heavy atom. The fourth-order valence-electron chi connectivity index (χ4n) is 3.12. The van der Waals surface area contributed by atoms with Crippen molar-refractivity contribution in [3.05, 3.63) is 29.8 Å². The first kappa shape index (κ1) is 18.7. The number of hydrogen-bond donors (Lipinski definition) is 1. The average molecular weight is 333 g/mol. The Balaban J connectivity index is 1.69. The van der Waals surface area contributed by atoms with Gasteiger partial charge in [0.2, 0.25) is 5.91 Å². The molecule has 0 aliphatic carbocycles. The summed E-state index contributed by atoms with van der Waals surface area (Å²) in [4.78, 5) is 16.7. The van der Waals surface area contributed by atoms with Crippen molar-refractivity contribution in [2.75, 3.05) is 39.8 Å². The fraction of sp³-hybridized carbons (Fsp3) is 0.632. The molecule has 1 fully saturated rings. The minimum atomic E-state index is 0.152. The summed E-state index contributed by atoms with van der Waals surface area (Å²) in [5, 5.41) is 3.08. The molecule has 1 aromatic rings. The SMILES string of the molecule is CCC[C@H](C)NC(=O)CN1CCN(Cc2ccc(OC)cc2)CC1. The molecule has 24 heavy (non-hydrogen) atoms. The molecule has 0 spiro atoms. The van der Waals surface area contributed by atoms with Crippen LogP contribution in [-0.4, -0.2) is 61.6 Å². The van der Waals surface area contributed by atoms with E-state index < -0.39 is 0 Å².